The quantitative estimate of drug-likeness (QED) is 0.681. The summed E-state index contributed by atoms with van der Waals surface area (Å²) in [6, 6.07) is 1.60. The Bertz CT molecular complexity index is 516. The first kappa shape index (κ1) is 11.9. The number of aromatic nitrogens is 2. The van der Waals surface area contributed by atoms with Crippen molar-refractivity contribution in [3.8, 4) is 0 Å². The summed E-state index contributed by atoms with van der Waals surface area (Å²) in [7, 11) is -1.17. The topological polar surface area (TPSA) is 110 Å². The maximum atomic E-state index is 11.3. The third-order valence-electron chi connectivity index (χ3n) is 2.58. The molecule has 17 heavy (non-hydrogen) atoms. The highest BCUT2D eigenvalue weighted by atomic mass is 32.2. The number of nitrogen functional groups attached to an aromatic ring is 1. The lowest BCUT2D eigenvalue weighted by molar-refractivity contribution is 0.602. The van der Waals surface area contributed by atoms with E-state index in [9.17, 15) is 8.42 Å². The first-order chi connectivity index (χ1) is 7.98. The summed E-state index contributed by atoms with van der Waals surface area (Å²) in [5.41, 5.74) is 5.54. The van der Waals surface area contributed by atoms with Gasteiger partial charge in [-0.2, -0.15) is 9.97 Å². The van der Waals surface area contributed by atoms with E-state index in [1.54, 1.807) is 13.1 Å². The van der Waals surface area contributed by atoms with Crippen LogP contribution in [-0.2, 0) is 9.84 Å². The van der Waals surface area contributed by atoms with Gasteiger partial charge in [-0.3, -0.25) is 0 Å². The van der Waals surface area contributed by atoms with Gasteiger partial charge < -0.3 is 16.4 Å². The van der Waals surface area contributed by atoms with Crippen molar-refractivity contribution in [1.29, 1.82) is 0 Å². The minimum absolute atomic E-state index is 0.0981. The standard InChI is InChI=1S/C9H15N5O2S/c1-11-7-4-8(14-9(10)13-7)12-6-2-3-17(15,16)5-6/h4,6H,2-3,5H2,1H3,(H4,10,11,12,13,14). The highest BCUT2D eigenvalue weighted by Crippen LogP contribution is 2.18. The maximum Gasteiger partial charge on any atom is 0.223 e. The minimum Gasteiger partial charge on any atom is -0.373 e. The fourth-order valence-electron chi connectivity index (χ4n) is 1.79. The van der Waals surface area contributed by atoms with Crippen LogP contribution in [0.25, 0.3) is 0 Å². The zero-order chi connectivity index (χ0) is 12.5. The van der Waals surface area contributed by atoms with Gasteiger partial charge in [0.05, 0.1) is 11.5 Å². The van der Waals surface area contributed by atoms with Crippen LogP contribution in [0.3, 0.4) is 0 Å². The lowest BCUT2D eigenvalue weighted by Crippen LogP contribution is -2.21. The van der Waals surface area contributed by atoms with Gasteiger partial charge in [-0.15, -0.1) is 0 Å². The molecule has 2 rings (SSSR count). The highest BCUT2D eigenvalue weighted by Gasteiger charge is 2.28. The Kier molecular flexibility index (Phi) is 3.05. The van der Waals surface area contributed by atoms with Crippen molar-refractivity contribution in [3.63, 3.8) is 0 Å². The Morgan fingerprint density at radius 1 is 1.41 bits per heavy atom. The molecule has 1 atom stereocenters. The third kappa shape index (κ3) is 2.96. The number of nitrogens with zero attached hydrogens (tertiary/aromatic N) is 2. The zero-order valence-electron chi connectivity index (χ0n) is 9.47. The van der Waals surface area contributed by atoms with Crippen molar-refractivity contribution in [3.05, 3.63) is 6.07 Å². The van der Waals surface area contributed by atoms with E-state index in [4.69, 9.17) is 5.73 Å². The molecule has 0 aromatic carbocycles. The molecule has 1 saturated heterocycles. The van der Waals surface area contributed by atoms with E-state index in [0.717, 1.165) is 0 Å². The van der Waals surface area contributed by atoms with Crippen LogP contribution in [0.5, 0.6) is 0 Å². The molecule has 1 aliphatic rings. The average molecular weight is 257 g/mol. The molecule has 4 N–H and O–H groups in total. The molecule has 2 heterocycles. The van der Waals surface area contributed by atoms with Gasteiger partial charge in [-0.25, -0.2) is 8.42 Å². The van der Waals surface area contributed by atoms with Crippen LogP contribution in [0.15, 0.2) is 6.07 Å². The molecule has 1 aromatic rings. The number of hydrogen-bond acceptors (Lipinski definition) is 7. The van der Waals surface area contributed by atoms with Gasteiger partial charge in [0.2, 0.25) is 5.95 Å². The lowest BCUT2D eigenvalue weighted by atomic mass is 10.2. The fourth-order valence-corrected chi connectivity index (χ4v) is 3.46. The molecule has 0 radical (unpaired) electrons. The average Bonchev–Trinajstić information content (AvgIpc) is 2.57. The predicted octanol–water partition coefficient (Wildman–Crippen LogP) is -0.300. The van der Waals surface area contributed by atoms with Crippen LogP contribution in [0.4, 0.5) is 17.6 Å². The molecule has 1 unspecified atom stereocenters. The van der Waals surface area contributed by atoms with E-state index < -0.39 is 9.84 Å². The number of anilines is 3. The van der Waals surface area contributed by atoms with Crippen molar-refractivity contribution < 1.29 is 8.42 Å². The third-order valence-corrected chi connectivity index (χ3v) is 4.35. The molecule has 0 bridgehead atoms. The Morgan fingerprint density at radius 3 is 2.71 bits per heavy atom. The Balaban J connectivity index is 2.11. The van der Waals surface area contributed by atoms with Crippen molar-refractivity contribution in [1.82, 2.24) is 9.97 Å². The first-order valence-electron chi connectivity index (χ1n) is 5.28. The molecule has 0 amide bonds. The molecule has 8 heteroatoms. The number of nitrogens with two attached hydrogens (primary N) is 1. The number of rotatable bonds is 3. The molecule has 1 aliphatic heterocycles. The number of sulfone groups is 1. The van der Waals surface area contributed by atoms with Gasteiger partial charge in [0.1, 0.15) is 11.6 Å². The Labute approximate surface area is 99.8 Å². The summed E-state index contributed by atoms with van der Waals surface area (Å²) in [4.78, 5) is 7.97. The van der Waals surface area contributed by atoms with E-state index >= 15 is 0 Å². The van der Waals surface area contributed by atoms with Crippen LogP contribution in [0.1, 0.15) is 6.42 Å². The summed E-state index contributed by atoms with van der Waals surface area (Å²) >= 11 is 0. The molecular formula is C9H15N5O2S. The van der Waals surface area contributed by atoms with E-state index in [1.807, 2.05) is 0 Å². The van der Waals surface area contributed by atoms with E-state index in [2.05, 4.69) is 20.6 Å². The SMILES string of the molecule is CNc1cc(NC2CCS(=O)(=O)C2)nc(N)n1. The van der Waals surface area contributed by atoms with Crippen LogP contribution in [0, 0.1) is 0 Å². The smallest absolute Gasteiger partial charge is 0.223 e. The molecule has 0 aliphatic carbocycles. The second-order valence-electron chi connectivity index (χ2n) is 3.99. The lowest BCUT2D eigenvalue weighted by Gasteiger charge is -2.12. The summed E-state index contributed by atoms with van der Waals surface area (Å²) in [5, 5.41) is 5.92. The predicted molar refractivity (Wildman–Crippen MR) is 66.7 cm³/mol. The normalized spacial score (nSPS) is 22.3. The van der Waals surface area contributed by atoms with Crippen LogP contribution in [-0.4, -0.2) is 43.0 Å². The first-order valence-corrected chi connectivity index (χ1v) is 7.10. The molecule has 1 fully saturated rings. The second-order valence-corrected chi connectivity index (χ2v) is 6.22. The summed E-state index contributed by atoms with van der Waals surface area (Å²) < 4.78 is 22.6. The van der Waals surface area contributed by atoms with Gasteiger partial charge in [0.15, 0.2) is 9.84 Å². The fraction of sp³-hybridized carbons (Fsp3) is 0.556. The van der Waals surface area contributed by atoms with E-state index in [1.165, 1.54) is 0 Å². The van der Waals surface area contributed by atoms with Crippen molar-refractivity contribution in [2.75, 3.05) is 34.9 Å². The van der Waals surface area contributed by atoms with Crippen molar-refractivity contribution in [2.24, 2.45) is 0 Å². The van der Waals surface area contributed by atoms with Gasteiger partial charge in [0.25, 0.3) is 0 Å². The van der Waals surface area contributed by atoms with Crippen molar-refractivity contribution >= 4 is 27.4 Å². The highest BCUT2D eigenvalue weighted by molar-refractivity contribution is 7.91. The number of nitrogens with one attached hydrogen (secondary N) is 2. The van der Waals surface area contributed by atoms with Crippen LogP contribution >= 0.6 is 0 Å². The molecule has 1 aromatic heterocycles. The summed E-state index contributed by atoms with van der Waals surface area (Å²) in [6.45, 7) is 0. The van der Waals surface area contributed by atoms with Crippen LogP contribution < -0.4 is 16.4 Å². The van der Waals surface area contributed by atoms with Gasteiger partial charge in [-0.05, 0) is 6.42 Å². The van der Waals surface area contributed by atoms with Gasteiger partial charge >= 0.3 is 0 Å². The minimum atomic E-state index is -2.89. The zero-order valence-corrected chi connectivity index (χ0v) is 10.3. The molecule has 94 valence electrons. The largest absolute Gasteiger partial charge is 0.373 e. The second kappa shape index (κ2) is 4.36. The van der Waals surface area contributed by atoms with Crippen LogP contribution in [0.2, 0.25) is 0 Å². The van der Waals surface area contributed by atoms with E-state index in [-0.39, 0.29) is 23.5 Å². The Morgan fingerprint density at radius 2 is 2.12 bits per heavy atom. The maximum absolute atomic E-state index is 11.3. The van der Waals surface area contributed by atoms with Gasteiger partial charge in [-0.1, -0.05) is 0 Å². The molecule has 0 saturated carbocycles. The molecule has 0 spiro atoms. The summed E-state index contributed by atoms with van der Waals surface area (Å²) in [6.07, 6.45) is 0.598. The molecular weight excluding hydrogens is 242 g/mol. The van der Waals surface area contributed by atoms with Crippen molar-refractivity contribution in [2.45, 2.75) is 12.5 Å². The Hall–Kier alpha value is -1.57. The van der Waals surface area contributed by atoms with Gasteiger partial charge in [0, 0.05) is 19.2 Å². The summed E-state index contributed by atoms with van der Waals surface area (Å²) in [5.74, 6) is 1.67. The van der Waals surface area contributed by atoms with E-state index in [0.29, 0.717) is 18.1 Å². The molecule has 7 nitrogen and oxygen atoms in total. The monoisotopic (exact) mass is 257 g/mol. The number of hydrogen-bond donors (Lipinski definition) is 3.